The van der Waals surface area contributed by atoms with Gasteiger partial charge in [0.15, 0.2) is 4.80 Å². The predicted molar refractivity (Wildman–Crippen MR) is 163 cm³/mol. The zero-order chi connectivity index (χ0) is 30.7. The second-order valence-corrected chi connectivity index (χ2v) is 11.0. The standard InChI is InChI=1S/C32H29ClN2O7S/c1-5-9-23-27(31(38)41-6-2)28(21-10-7-8-11-24(21)39-3)35-29(36)26(43-32(35)34-23)17-19-13-15-25(42-19)22-16-18(33)12-14-20(22)30(37)40-4/h7-8,10-17,28H,5-6,9H2,1-4H3/b26-17+/t28-/m0/s1. The van der Waals surface area contributed by atoms with E-state index < -0.39 is 18.0 Å². The number of aromatic nitrogens is 1. The Kier molecular flexibility index (Phi) is 8.98. The van der Waals surface area contributed by atoms with E-state index in [1.165, 1.54) is 23.0 Å². The first-order valence-electron chi connectivity index (χ1n) is 13.6. The Morgan fingerprint density at radius 2 is 1.88 bits per heavy atom. The fraction of sp³-hybridized carbons (Fsp3) is 0.250. The van der Waals surface area contributed by atoms with Crippen LogP contribution >= 0.6 is 22.9 Å². The topological polar surface area (TPSA) is 109 Å². The van der Waals surface area contributed by atoms with Crippen LogP contribution in [0.2, 0.25) is 5.02 Å². The molecule has 0 saturated carbocycles. The Morgan fingerprint density at radius 1 is 1.09 bits per heavy atom. The summed E-state index contributed by atoms with van der Waals surface area (Å²) >= 11 is 7.39. The van der Waals surface area contributed by atoms with Gasteiger partial charge in [0, 0.05) is 22.2 Å². The largest absolute Gasteiger partial charge is 0.496 e. The van der Waals surface area contributed by atoms with E-state index in [0.29, 0.717) is 66.0 Å². The van der Waals surface area contributed by atoms with E-state index in [4.69, 9.17) is 35.2 Å². The third kappa shape index (κ3) is 5.80. The number of halogens is 1. The van der Waals surface area contributed by atoms with Crippen molar-refractivity contribution in [1.29, 1.82) is 0 Å². The SMILES string of the molecule is CCCC1=C(C(=O)OCC)[C@H](c2ccccc2OC)n2c(s/c(=C/c3ccc(-c4cc(Cl)ccc4C(=O)OC)o3)c2=O)=N1. The molecule has 1 aliphatic rings. The number of carbonyl (C=O) groups excluding carboxylic acids is 2. The molecule has 0 saturated heterocycles. The molecule has 0 amide bonds. The molecular formula is C32H29ClN2O7S. The third-order valence-corrected chi connectivity index (χ3v) is 8.10. The van der Waals surface area contributed by atoms with Crippen molar-refractivity contribution < 1.29 is 28.2 Å². The van der Waals surface area contributed by atoms with Gasteiger partial charge in [-0.15, -0.1) is 0 Å². The van der Waals surface area contributed by atoms with Crippen molar-refractivity contribution in [3.8, 4) is 17.1 Å². The van der Waals surface area contributed by atoms with Crippen molar-refractivity contribution in [2.75, 3.05) is 20.8 Å². The van der Waals surface area contributed by atoms with Crippen LogP contribution in [-0.4, -0.2) is 37.3 Å². The Morgan fingerprint density at radius 3 is 2.60 bits per heavy atom. The van der Waals surface area contributed by atoms with Gasteiger partial charge in [-0.1, -0.05) is 54.5 Å². The van der Waals surface area contributed by atoms with Gasteiger partial charge in [0.2, 0.25) is 0 Å². The predicted octanol–water partition coefficient (Wildman–Crippen LogP) is 5.29. The summed E-state index contributed by atoms with van der Waals surface area (Å²) in [4.78, 5) is 45.0. The number of para-hydroxylation sites is 1. The molecule has 0 radical (unpaired) electrons. The number of hydrogen-bond donors (Lipinski definition) is 0. The van der Waals surface area contributed by atoms with E-state index in [-0.39, 0.29) is 12.2 Å². The van der Waals surface area contributed by atoms with Gasteiger partial charge in [-0.3, -0.25) is 9.36 Å². The quantitative estimate of drug-likeness (QED) is 0.234. The summed E-state index contributed by atoms with van der Waals surface area (Å²) in [5.41, 5.74) is 1.91. The lowest BCUT2D eigenvalue weighted by Crippen LogP contribution is -2.40. The molecule has 0 bridgehead atoms. The van der Waals surface area contributed by atoms with E-state index in [1.54, 1.807) is 56.5 Å². The summed E-state index contributed by atoms with van der Waals surface area (Å²) in [6.45, 7) is 3.91. The maximum absolute atomic E-state index is 14.0. The van der Waals surface area contributed by atoms with Crippen molar-refractivity contribution in [2.24, 2.45) is 4.99 Å². The van der Waals surface area contributed by atoms with Gasteiger partial charge in [0.1, 0.15) is 23.3 Å². The number of methoxy groups -OCH3 is 2. The van der Waals surface area contributed by atoms with Gasteiger partial charge in [-0.25, -0.2) is 14.6 Å². The van der Waals surface area contributed by atoms with E-state index in [9.17, 15) is 14.4 Å². The number of nitrogens with zero attached hydrogens (tertiary/aromatic N) is 2. The smallest absolute Gasteiger partial charge is 0.338 e. The number of ether oxygens (including phenoxy) is 3. The first-order chi connectivity index (χ1) is 20.8. The van der Waals surface area contributed by atoms with Crippen LogP contribution in [0.4, 0.5) is 0 Å². The molecular weight excluding hydrogens is 592 g/mol. The summed E-state index contributed by atoms with van der Waals surface area (Å²) < 4.78 is 23.9. The minimum Gasteiger partial charge on any atom is -0.496 e. The van der Waals surface area contributed by atoms with Gasteiger partial charge in [0.05, 0.1) is 42.2 Å². The number of rotatable bonds is 9. The highest BCUT2D eigenvalue weighted by Crippen LogP contribution is 2.37. The lowest BCUT2D eigenvalue weighted by atomic mass is 9.93. The molecule has 2 aromatic heterocycles. The van der Waals surface area contributed by atoms with E-state index in [0.717, 1.165) is 6.42 Å². The number of allylic oxidation sites excluding steroid dienone is 1. The van der Waals surface area contributed by atoms with Crippen LogP contribution in [0.15, 0.2) is 80.1 Å². The molecule has 43 heavy (non-hydrogen) atoms. The maximum Gasteiger partial charge on any atom is 0.338 e. The normalized spacial score (nSPS) is 14.7. The van der Waals surface area contributed by atoms with Crippen LogP contribution in [0.25, 0.3) is 17.4 Å². The van der Waals surface area contributed by atoms with Crippen molar-refractivity contribution in [3.05, 3.63) is 107 Å². The highest BCUT2D eigenvalue weighted by atomic mass is 35.5. The summed E-state index contributed by atoms with van der Waals surface area (Å²) in [5.74, 6) is 0.222. The lowest BCUT2D eigenvalue weighted by Gasteiger charge is -2.26. The first-order valence-corrected chi connectivity index (χ1v) is 14.8. The number of thiazole rings is 1. The minimum atomic E-state index is -0.809. The average molecular weight is 621 g/mol. The Balaban J connectivity index is 1.69. The molecule has 0 unspecified atom stereocenters. The van der Waals surface area contributed by atoms with Gasteiger partial charge < -0.3 is 18.6 Å². The molecule has 1 atom stereocenters. The molecule has 3 heterocycles. The number of benzene rings is 2. The van der Waals surface area contributed by atoms with Crippen LogP contribution in [0.3, 0.4) is 0 Å². The van der Waals surface area contributed by atoms with Crippen molar-refractivity contribution in [2.45, 2.75) is 32.7 Å². The van der Waals surface area contributed by atoms with Crippen molar-refractivity contribution in [1.82, 2.24) is 4.57 Å². The van der Waals surface area contributed by atoms with E-state index >= 15 is 0 Å². The van der Waals surface area contributed by atoms with Crippen LogP contribution in [0.5, 0.6) is 5.75 Å². The monoisotopic (exact) mass is 620 g/mol. The molecule has 5 rings (SSSR count). The fourth-order valence-corrected chi connectivity index (χ4v) is 6.19. The Labute approximate surface area is 256 Å². The lowest BCUT2D eigenvalue weighted by molar-refractivity contribution is -0.139. The summed E-state index contributed by atoms with van der Waals surface area (Å²) in [6, 6.07) is 14.6. The molecule has 222 valence electrons. The highest BCUT2D eigenvalue weighted by Gasteiger charge is 2.35. The molecule has 11 heteroatoms. The molecule has 1 aliphatic heterocycles. The van der Waals surface area contributed by atoms with Crippen LogP contribution in [0, 0.1) is 0 Å². The van der Waals surface area contributed by atoms with Gasteiger partial charge in [-0.05, 0) is 49.7 Å². The van der Waals surface area contributed by atoms with E-state index in [2.05, 4.69) is 0 Å². The van der Waals surface area contributed by atoms with Crippen molar-refractivity contribution >= 4 is 41.0 Å². The number of carbonyl (C=O) groups is 2. The zero-order valence-corrected chi connectivity index (χ0v) is 25.6. The second kappa shape index (κ2) is 12.8. The van der Waals surface area contributed by atoms with Gasteiger partial charge in [-0.2, -0.15) is 0 Å². The maximum atomic E-state index is 14.0. The second-order valence-electron chi connectivity index (χ2n) is 9.54. The molecule has 0 N–H and O–H groups in total. The minimum absolute atomic E-state index is 0.177. The molecule has 0 fully saturated rings. The fourth-order valence-electron chi connectivity index (χ4n) is 5.02. The Hall–Kier alpha value is -4.41. The molecule has 4 aromatic rings. The summed E-state index contributed by atoms with van der Waals surface area (Å²) in [6.07, 6.45) is 2.87. The Bertz CT molecular complexity index is 1920. The van der Waals surface area contributed by atoms with Gasteiger partial charge in [0.25, 0.3) is 5.56 Å². The van der Waals surface area contributed by atoms with Gasteiger partial charge >= 0.3 is 11.9 Å². The number of fused-ring (bicyclic) bond motifs is 1. The van der Waals surface area contributed by atoms with E-state index in [1.807, 2.05) is 25.1 Å². The van der Waals surface area contributed by atoms with Crippen LogP contribution in [0.1, 0.15) is 54.4 Å². The molecule has 0 spiro atoms. The number of hydrogen-bond acceptors (Lipinski definition) is 9. The third-order valence-electron chi connectivity index (χ3n) is 6.88. The van der Waals surface area contributed by atoms with Crippen molar-refractivity contribution in [3.63, 3.8) is 0 Å². The van der Waals surface area contributed by atoms with Crippen LogP contribution < -0.4 is 19.6 Å². The molecule has 9 nitrogen and oxygen atoms in total. The summed E-state index contributed by atoms with van der Waals surface area (Å²) in [7, 11) is 2.84. The average Bonchev–Trinajstić information content (AvgIpc) is 3.60. The molecule has 2 aromatic carbocycles. The zero-order valence-electron chi connectivity index (χ0n) is 24.0. The highest BCUT2D eigenvalue weighted by molar-refractivity contribution is 7.07. The first kappa shape index (κ1) is 30.1. The number of furan rings is 1. The number of esters is 2. The summed E-state index contributed by atoms with van der Waals surface area (Å²) in [5, 5.41) is 0.422. The molecule has 0 aliphatic carbocycles. The van der Waals surface area contributed by atoms with Crippen LogP contribution in [-0.2, 0) is 14.3 Å².